The van der Waals surface area contributed by atoms with Crippen molar-refractivity contribution in [1.29, 1.82) is 0 Å². The molecule has 1 rings (SSSR count). The number of thiol groups is 1. The summed E-state index contributed by atoms with van der Waals surface area (Å²) in [7, 11) is 0. The number of rotatable bonds is 2. The molecule has 1 aromatic carbocycles. The van der Waals surface area contributed by atoms with Crippen molar-refractivity contribution in [3.63, 3.8) is 0 Å². The van der Waals surface area contributed by atoms with Crippen LogP contribution in [0.15, 0.2) is 18.2 Å². The van der Waals surface area contributed by atoms with Crippen molar-refractivity contribution >= 4 is 12.6 Å². The molecule has 0 saturated heterocycles. The molecule has 86 valence electrons. The molecule has 0 aliphatic carbocycles. The van der Waals surface area contributed by atoms with Crippen LogP contribution < -0.4 is 0 Å². The average molecular weight is 232 g/mol. The highest BCUT2D eigenvalue weighted by Gasteiger charge is 2.11. The maximum absolute atomic E-state index is 4.15. The lowest BCUT2D eigenvalue weighted by Gasteiger charge is -2.15. The molecule has 0 amide bonds. The van der Waals surface area contributed by atoms with Crippen LogP contribution in [0.25, 0.3) is 0 Å². The van der Waals surface area contributed by atoms with Crippen molar-refractivity contribution in [3.8, 4) is 11.8 Å². The summed E-state index contributed by atoms with van der Waals surface area (Å²) in [6.07, 6.45) is 0. The second kappa shape index (κ2) is 6.01. The topological polar surface area (TPSA) is 0 Å². The van der Waals surface area contributed by atoms with E-state index in [1.165, 1.54) is 16.7 Å². The molecule has 0 unspecified atom stereocenters. The van der Waals surface area contributed by atoms with Crippen LogP contribution in [0.3, 0.4) is 0 Å². The predicted molar refractivity (Wildman–Crippen MR) is 75.4 cm³/mol. The standard InChI is InChI=1S/C15H20S/c1-11(2)13-7-5-8-14(12(3)4)15(13)9-6-10-16/h5,7-8,11-12,16H,10H2,1-4H3. The Balaban J connectivity index is 3.35. The first kappa shape index (κ1) is 13.2. The average Bonchev–Trinajstić information content (AvgIpc) is 2.25. The zero-order valence-electron chi connectivity index (χ0n) is 10.5. The molecule has 0 atom stereocenters. The molecule has 0 aliphatic rings. The molecule has 0 radical (unpaired) electrons. The molecule has 0 saturated carbocycles. The van der Waals surface area contributed by atoms with Crippen LogP contribution in [0.1, 0.15) is 56.2 Å². The van der Waals surface area contributed by atoms with Gasteiger partial charge >= 0.3 is 0 Å². The van der Waals surface area contributed by atoms with Crippen LogP contribution in [0.5, 0.6) is 0 Å². The zero-order valence-corrected chi connectivity index (χ0v) is 11.4. The molecular formula is C15H20S. The molecule has 0 spiro atoms. The van der Waals surface area contributed by atoms with Crippen molar-refractivity contribution < 1.29 is 0 Å². The molecule has 0 heterocycles. The Labute approximate surface area is 105 Å². The highest BCUT2D eigenvalue weighted by Crippen LogP contribution is 2.26. The van der Waals surface area contributed by atoms with Gasteiger partial charge in [0.15, 0.2) is 0 Å². The molecule has 0 bridgehead atoms. The SMILES string of the molecule is CC(C)c1cccc(C(C)C)c1C#CCS. The summed E-state index contributed by atoms with van der Waals surface area (Å²) in [6, 6.07) is 6.49. The van der Waals surface area contributed by atoms with Crippen LogP contribution >= 0.6 is 12.6 Å². The Morgan fingerprint density at radius 2 is 1.56 bits per heavy atom. The lowest BCUT2D eigenvalue weighted by atomic mass is 9.89. The van der Waals surface area contributed by atoms with Gasteiger partial charge in [-0.15, -0.1) is 0 Å². The van der Waals surface area contributed by atoms with Crippen molar-refractivity contribution in [2.45, 2.75) is 39.5 Å². The number of hydrogen-bond donors (Lipinski definition) is 1. The fourth-order valence-corrected chi connectivity index (χ4v) is 1.90. The minimum absolute atomic E-state index is 0.517. The molecular weight excluding hydrogens is 212 g/mol. The minimum Gasteiger partial charge on any atom is -0.166 e. The summed E-state index contributed by atoms with van der Waals surface area (Å²) in [4.78, 5) is 0. The Bertz CT molecular complexity index is 379. The van der Waals surface area contributed by atoms with Gasteiger partial charge in [0.25, 0.3) is 0 Å². The van der Waals surface area contributed by atoms with Crippen molar-refractivity contribution in [2.24, 2.45) is 0 Å². The van der Waals surface area contributed by atoms with E-state index in [1.807, 2.05) is 0 Å². The van der Waals surface area contributed by atoms with Crippen LogP contribution in [-0.2, 0) is 0 Å². The molecule has 0 N–H and O–H groups in total. The highest BCUT2D eigenvalue weighted by molar-refractivity contribution is 7.80. The predicted octanol–water partition coefficient (Wildman–Crippen LogP) is 4.21. The Morgan fingerprint density at radius 3 is 1.94 bits per heavy atom. The van der Waals surface area contributed by atoms with Gasteiger partial charge in [0.1, 0.15) is 0 Å². The second-order valence-electron chi connectivity index (χ2n) is 4.58. The third-order valence-corrected chi connectivity index (χ3v) is 2.82. The fourth-order valence-electron chi connectivity index (χ4n) is 1.82. The van der Waals surface area contributed by atoms with E-state index in [9.17, 15) is 0 Å². The van der Waals surface area contributed by atoms with Gasteiger partial charge in [-0.2, -0.15) is 12.6 Å². The van der Waals surface area contributed by atoms with Crippen LogP contribution in [0.2, 0.25) is 0 Å². The van der Waals surface area contributed by atoms with Gasteiger partial charge in [-0.05, 0) is 23.0 Å². The van der Waals surface area contributed by atoms with Gasteiger partial charge in [0.2, 0.25) is 0 Å². The van der Waals surface area contributed by atoms with Gasteiger partial charge in [0.05, 0.1) is 5.75 Å². The van der Waals surface area contributed by atoms with Gasteiger partial charge in [-0.3, -0.25) is 0 Å². The normalized spacial score (nSPS) is 10.4. The van der Waals surface area contributed by atoms with E-state index < -0.39 is 0 Å². The first-order valence-electron chi connectivity index (χ1n) is 5.80. The van der Waals surface area contributed by atoms with Crippen molar-refractivity contribution in [3.05, 3.63) is 34.9 Å². The number of benzene rings is 1. The Kier molecular flexibility index (Phi) is 4.96. The molecule has 0 fully saturated rings. The van der Waals surface area contributed by atoms with E-state index in [2.05, 4.69) is 70.4 Å². The largest absolute Gasteiger partial charge is 0.166 e. The van der Waals surface area contributed by atoms with Gasteiger partial charge < -0.3 is 0 Å². The van der Waals surface area contributed by atoms with Gasteiger partial charge in [-0.25, -0.2) is 0 Å². The lowest BCUT2D eigenvalue weighted by molar-refractivity contribution is 0.828. The van der Waals surface area contributed by atoms with E-state index >= 15 is 0 Å². The van der Waals surface area contributed by atoms with Crippen molar-refractivity contribution in [2.75, 3.05) is 5.75 Å². The monoisotopic (exact) mass is 232 g/mol. The third kappa shape index (κ3) is 3.06. The Morgan fingerprint density at radius 1 is 1.06 bits per heavy atom. The van der Waals surface area contributed by atoms with E-state index in [4.69, 9.17) is 0 Å². The second-order valence-corrected chi connectivity index (χ2v) is 4.90. The van der Waals surface area contributed by atoms with Crippen molar-refractivity contribution in [1.82, 2.24) is 0 Å². The smallest absolute Gasteiger partial charge is 0.0521 e. The van der Waals surface area contributed by atoms with Gasteiger partial charge in [-0.1, -0.05) is 57.7 Å². The first-order chi connectivity index (χ1) is 7.57. The van der Waals surface area contributed by atoms with E-state index in [1.54, 1.807) is 0 Å². The fraction of sp³-hybridized carbons (Fsp3) is 0.467. The number of hydrogen-bond acceptors (Lipinski definition) is 1. The summed E-state index contributed by atoms with van der Waals surface area (Å²) in [5.41, 5.74) is 3.91. The third-order valence-electron chi connectivity index (χ3n) is 2.67. The Hall–Kier alpha value is -0.870. The van der Waals surface area contributed by atoms with Crippen LogP contribution in [-0.4, -0.2) is 5.75 Å². The lowest BCUT2D eigenvalue weighted by Crippen LogP contribution is -2.00. The van der Waals surface area contributed by atoms with E-state index in [-0.39, 0.29) is 0 Å². The summed E-state index contributed by atoms with van der Waals surface area (Å²) in [5, 5.41) is 0. The molecule has 0 aromatic heterocycles. The van der Waals surface area contributed by atoms with Gasteiger partial charge in [0, 0.05) is 5.56 Å². The van der Waals surface area contributed by atoms with Crippen LogP contribution in [0.4, 0.5) is 0 Å². The first-order valence-corrected chi connectivity index (χ1v) is 6.43. The van der Waals surface area contributed by atoms with E-state index in [0.717, 1.165) is 0 Å². The maximum atomic E-state index is 4.15. The van der Waals surface area contributed by atoms with Crippen LogP contribution in [0, 0.1) is 11.8 Å². The van der Waals surface area contributed by atoms with E-state index in [0.29, 0.717) is 17.6 Å². The minimum atomic E-state index is 0.517. The molecule has 0 aliphatic heterocycles. The molecule has 1 aromatic rings. The summed E-state index contributed by atoms with van der Waals surface area (Å²) < 4.78 is 0. The summed E-state index contributed by atoms with van der Waals surface area (Å²) >= 11 is 4.15. The highest BCUT2D eigenvalue weighted by atomic mass is 32.1. The molecule has 16 heavy (non-hydrogen) atoms. The maximum Gasteiger partial charge on any atom is 0.0521 e. The zero-order chi connectivity index (χ0) is 12.1. The summed E-state index contributed by atoms with van der Waals surface area (Å²) in [5.74, 6) is 7.99. The quantitative estimate of drug-likeness (QED) is 0.573. The molecule has 0 nitrogen and oxygen atoms in total. The molecule has 1 heteroatoms. The summed E-state index contributed by atoms with van der Waals surface area (Å²) in [6.45, 7) is 8.85.